The molecule has 1 aromatic carbocycles. The molecule has 1 N–H and O–H groups in total. The molecule has 0 fully saturated rings. The van der Waals surface area contributed by atoms with Gasteiger partial charge in [-0.1, -0.05) is 62.4 Å². The van der Waals surface area contributed by atoms with Crippen LogP contribution in [0.15, 0.2) is 12.1 Å². The SMILES string of the molecule is CCc1cc(CI)cc(C(C)(C)C)c1O. The van der Waals surface area contributed by atoms with Crippen LogP contribution in [0.3, 0.4) is 0 Å². The standard InChI is InChI=1S/C13H19IO/c1-5-10-6-9(8-14)7-11(12(10)15)13(2,3)4/h6-7,15H,5,8H2,1-4H3. The molecule has 0 aromatic heterocycles. The molecule has 15 heavy (non-hydrogen) atoms. The average molecular weight is 318 g/mol. The zero-order chi connectivity index (χ0) is 11.6. The maximum Gasteiger partial charge on any atom is 0.122 e. The fourth-order valence-corrected chi connectivity index (χ4v) is 2.12. The number of phenolic OH excluding ortho intramolecular Hbond substituents is 1. The Hall–Kier alpha value is -0.250. The van der Waals surface area contributed by atoms with Crippen LogP contribution in [0.1, 0.15) is 44.4 Å². The molecule has 0 spiro atoms. The minimum absolute atomic E-state index is 0.00975. The Morgan fingerprint density at radius 1 is 1.27 bits per heavy atom. The van der Waals surface area contributed by atoms with Gasteiger partial charge in [-0.3, -0.25) is 0 Å². The van der Waals surface area contributed by atoms with E-state index in [2.05, 4.69) is 62.4 Å². The molecular formula is C13H19IO. The first kappa shape index (κ1) is 12.8. The van der Waals surface area contributed by atoms with Gasteiger partial charge in [-0.15, -0.1) is 0 Å². The lowest BCUT2D eigenvalue weighted by Crippen LogP contribution is -2.12. The topological polar surface area (TPSA) is 20.2 Å². The van der Waals surface area contributed by atoms with Crippen molar-refractivity contribution >= 4 is 22.6 Å². The van der Waals surface area contributed by atoms with Gasteiger partial charge in [-0.25, -0.2) is 0 Å². The summed E-state index contributed by atoms with van der Waals surface area (Å²) in [5.41, 5.74) is 3.44. The first-order chi connectivity index (χ1) is 6.90. The number of phenols is 1. The third-order valence-electron chi connectivity index (χ3n) is 2.59. The highest BCUT2D eigenvalue weighted by Gasteiger charge is 2.20. The van der Waals surface area contributed by atoms with Crippen LogP contribution in [0, 0.1) is 0 Å². The van der Waals surface area contributed by atoms with E-state index in [-0.39, 0.29) is 5.41 Å². The van der Waals surface area contributed by atoms with Crippen LogP contribution in [-0.4, -0.2) is 5.11 Å². The van der Waals surface area contributed by atoms with Crippen molar-refractivity contribution in [1.82, 2.24) is 0 Å². The molecule has 0 radical (unpaired) electrons. The predicted octanol–water partition coefficient (Wildman–Crippen LogP) is 4.19. The minimum atomic E-state index is 0.00975. The third-order valence-corrected chi connectivity index (χ3v) is 3.47. The average Bonchev–Trinajstić information content (AvgIpc) is 2.16. The second-order valence-electron chi connectivity index (χ2n) is 4.89. The molecule has 0 saturated heterocycles. The number of hydrogen-bond donors (Lipinski definition) is 1. The van der Waals surface area contributed by atoms with Gasteiger partial charge in [-0.05, 0) is 28.5 Å². The smallest absolute Gasteiger partial charge is 0.122 e. The van der Waals surface area contributed by atoms with Crippen molar-refractivity contribution < 1.29 is 5.11 Å². The van der Waals surface area contributed by atoms with Gasteiger partial charge >= 0.3 is 0 Å². The second-order valence-corrected chi connectivity index (χ2v) is 5.65. The van der Waals surface area contributed by atoms with Crippen LogP contribution in [0.4, 0.5) is 0 Å². The van der Waals surface area contributed by atoms with Crippen molar-refractivity contribution in [2.75, 3.05) is 0 Å². The highest BCUT2D eigenvalue weighted by atomic mass is 127. The molecule has 0 amide bonds. The number of benzene rings is 1. The molecule has 0 aliphatic carbocycles. The maximum absolute atomic E-state index is 10.1. The number of hydrogen-bond acceptors (Lipinski definition) is 1. The lowest BCUT2D eigenvalue weighted by Gasteiger charge is -2.23. The molecule has 1 aromatic rings. The van der Waals surface area contributed by atoms with Crippen molar-refractivity contribution in [3.63, 3.8) is 0 Å². The van der Waals surface area contributed by atoms with Gasteiger partial charge in [-0.2, -0.15) is 0 Å². The first-order valence-electron chi connectivity index (χ1n) is 5.31. The van der Waals surface area contributed by atoms with Crippen LogP contribution in [-0.2, 0) is 16.3 Å². The first-order valence-corrected chi connectivity index (χ1v) is 6.84. The van der Waals surface area contributed by atoms with Gasteiger partial charge in [0.05, 0.1) is 0 Å². The van der Waals surface area contributed by atoms with Gasteiger partial charge in [0.2, 0.25) is 0 Å². The molecule has 2 heteroatoms. The van der Waals surface area contributed by atoms with Gasteiger partial charge in [0.15, 0.2) is 0 Å². The predicted molar refractivity (Wildman–Crippen MR) is 73.9 cm³/mol. The summed E-state index contributed by atoms with van der Waals surface area (Å²) in [6.45, 7) is 8.49. The second kappa shape index (κ2) is 4.73. The molecular weight excluding hydrogens is 299 g/mol. The Labute approximate surface area is 106 Å². The summed E-state index contributed by atoms with van der Waals surface area (Å²) in [4.78, 5) is 0. The summed E-state index contributed by atoms with van der Waals surface area (Å²) >= 11 is 2.36. The Kier molecular flexibility index (Phi) is 4.04. The van der Waals surface area contributed by atoms with E-state index in [0.717, 1.165) is 22.0 Å². The van der Waals surface area contributed by atoms with Gasteiger partial charge in [0.1, 0.15) is 5.75 Å². The van der Waals surface area contributed by atoms with E-state index in [1.165, 1.54) is 5.56 Å². The Bertz CT molecular complexity index is 350. The summed E-state index contributed by atoms with van der Waals surface area (Å²) in [5, 5.41) is 10.1. The summed E-state index contributed by atoms with van der Waals surface area (Å²) < 4.78 is 0.994. The molecule has 0 atom stereocenters. The van der Waals surface area contributed by atoms with Gasteiger partial charge in [0.25, 0.3) is 0 Å². The van der Waals surface area contributed by atoms with E-state index in [1.54, 1.807) is 0 Å². The van der Waals surface area contributed by atoms with Crippen LogP contribution < -0.4 is 0 Å². The summed E-state index contributed by atoms with van der Waals surface area (Å²) in [5.74, 6) is 0.485. The van der Waals surface area contributed by atoms with Crippen molar-refractivity contribution in [1.29, 1.82) is 0 Å². The van der Waals surface area contributed by atoms with Crippen molar-refractivity contribution in [2.24, 2.45) is 0 Å². The van der Waals surface area contributed by atoms with Gasteiger partial charge in [0, 0.05) is 4.43 Å². The molecule has 0 aliphatic heterocycles. The quantitative estimate of drug-likeness (QED) is 0.640. The van der Waals surface area contributed by atoms with Crippen LogP contribution >= 0.6 is 22.6 Å². The van der Waals surface area contributed by atoms with E-state index in [1.807, 2.05) is 0 Å². The van der Waals surface area contributed by atoms with E-state index < -0.39 is 0 Å². The normalized spacial score (nSPS) is 11.8. The molecule has 0 heterocycles. The third kappa shape index (κ3) is 2.86. The molecule has 84 valence electrons. The van der Waals surface area contributed by atoms with E-state index >= 15 is 0 Å². The Morgan fingerprint density at radius 2 is 1.87 bits per heavy atom. The summed E-state index contributed by atoms with van der Waals surface area (Å²) in [6, 6.07) is 4.23. The largest absolute Gasteiger partial charge is 0.507 e. The van der Waals surface area contributed by atoms with Crippen LogP contribution in [0.25, 0.3) is 0 Å². The highest BCUT2D eigenvalue weighted by molar-refractivity contribution is 14.1. The monoisotopic (exact) mass is 318 g/mol. The zero-order valence-corrected chi connectivity index (χ0v) is 12.1. The van der Waals surface area contributed by atoms with E-state index in [0.29, 0.717) is 5.75 Å². The molecule has 1 nitrogen and oxygen atoms in total. The number of aryl methyl sites for hydroxylation is 1. The fraction of sp³-hybridized carbons (Fsp3) is 0.538. The summed E-state index contributed by atoms with van der Waals surface area (Å²) in [7, 11) is 0. The zero-order valence-electron chi connectivity index (χ0n) is 9.89. The van der Waals surface area contributed by atoms with Crippen molar-refractivity contribution in [2.45, 2.75) is 44.0 Å². The maximum atomic E-state index is 10.1. The highest BCUT2D eigenvalue weighted by Crippen LogP contribution is 2.35. The lowest BCUT2D eigenvalue weighted by molar-refractivity contribution is 0.440. The number of aromatic hydroxyl groups is 1. The van der Waals surface area contributed by atoms with Crippen LogP contribution in [0.5, 0.6) is 5.75 Å². The molecule has 1 rings (SSSR count). The Morgan fingerprint density at radius 3 is 2.27 bits per heavy atom. The number of rotatable bonds is 2. The molecule has 0 saturated carbocycles. The molecule has 0 unspecified atom stereocenters. The lowest BCUT2D eigenvalue weighted by atomic mass is 9.84. The van der Waals surface area contributed by atoms with Gasteiger partial charge < -0.3 is 5.11 Å². The number of alkyl halides is 1. The number of halogens is 1. The summed E-state index contributed by atoms with van der Waals surface area (Å²) in [6.07, 6.45) is 0.888. The molecule has 0 aliphatic rings. The molecule has 0 bridgehead atoms. The van der Waals surface area contributed by atoms with Crippen LogP contribution in [0.2, 0.25) is 0 Å². The Balaban J connectivity index is 3.37. The minimum Gasteiger partial charge on any atom is -0.507 e. The van der Waals surface area contributed by atoms with Crippen molar-refractivity contribution in [3.8, 4) is 5.75 Å². The fourth-order valence-electron chi connectivity index (χ4n) is 1.68. The van der Waals surface area contributed by atoms with E-state index in [9.17, 15) is 5.11 Å². The van der Waals surface area contributed by atoms with Crippen molar-refractivity contribution in [3.05, 3.63) is 28.8 Å². The van der Waals surface area contributed by atoms with E-state index in [4.69, 9.17) is 0 Å².